The van der Waals surface area contributed by atoms with Gasteiger partial charge in [-0.3, -0.25) is 4.68 Å². The first-order chi connectivity index (χ1) is 9.90. The Hall–Kier alpha value is -1.86. The van der Waals surface area contributed by atoms with Gasteiger partial charge >= 0.3 is 0 Å². The normalized spacial score (nSPS) is 21.4. The molecule has 3 rings (SSSR count). The quantitative estimate of drug-likeness (QED) is 0.886. The molecule has 0 bridgehead atoms. The van der Waals surface area contributed by atoms with E-state index < -0.39 is 10.0 Å². The van der Waals surface area contributed by atoms with Crippen LogP contribution in [0, 0.1) is 6.92 Å². The van der Waals surface area contributed by atoms with Crippen LogP contribution in [0.5, 0.6) is 0 Å². The maximum Gasteiger partial charge on any atom is 0.246 e. The number of nitrogens with one attached hydrogen (secondary N) is 1. The van der Waals surface area contributed by atoms with Crippen molar-refractivity contribution in [3.63, 3.8) is 0 Å². The van der Waals surface area contributed by atoms with Crippen molar-refractivity contribution in [2.75, 3.05) is 5.73 Å². The van der Waals surface area contributed by atoms with E-state index in [4.69, 9.17) is 5.73 Å². The molecule has 2 unspecified atom stereocenters. The van der Waals surface area contributed by atoms with Crippen LogP contribution in [0.15, 0.2) is 35.2 Å². The molecule has 2 aromatic rings. The summed E-state index contributed by atoms with van der Waals surface area (Å²) >= 11 is 0. The molecule has 0 aliphatic heterocycles. The number of anilines is 1. The first-order valence-electron chi connectivity index (χ1n) is 6.76. The summed E-state index contributed by atoms with van der Waals surface area (Å²) in [6, 6.07) is 9.83. The Morgan fingerprint density at radius 1 is 1.33 bits per heavy atom. The van der Waals surface area contributed by atoms with Crippen LogP contribution < -0.4 is 10.5 Å². The first-order valence-corrected chi connectivity index (χ1v) is 8.25. The van der Waals surface area contributed by atoms with E-state index >= 15 is 0 Å². The molecule has 0 spiro atoms. The van der Waals surface area contributed by atoms with E-state index in [1.165, 1.54) is 4.68 Å². The van der Waals surface area contributed by atoms with Crippen molar-refractivity contribution in [1.82, 2.24) is 14.5 Å². The fraction of sp³-hybridized carbons (Fsp3) is 0.357. The van der Waals surface area contributed by atoms with Gasteiger partial charge in [-0.05, 0) is 18.9 Å². The summed E-state index contributed by atoms with van der Waals surface area (Å²) in [6.45, 7) is 1.69. The van der Waals surface area contributed by atoms with Gasteiger partial charge in [-0.2, -0.15) is 5.10 Å². The molecule has 1 aromatic heterocycles. The van der Waals surface area contributed by atoms with Gasteiger partial charge in [0.05, 0.1) is 5.69 Å². The Morgan fingerprint density at radius 2 is 2.00 bits per heavy atom. The van der Waals surface area contributed by atoms with Crippen LogP contribution in [0.4, 0.5) is 5.82 Å². The number of benzene rings is 1. The fourth-order valence-electron chi connectivity index (χ4n) is 2.60. The molecule has 1 aliphatic rings. The van der Waals surface area contributed by atoms with Crippen LogP contribution in [0.25, 0.3) is 0 Å². The zero-order valence-electron chi connectivity index (χ0n) is 11.9. The van der Waals surface area contributed by atoms with Crippen molar-refractivity contribution in [2.24, 2.45) is 7.05 Å². The van der Waals surface area contributed by atoms with Crippen LogP contribution in [0.2, 0.25) is 0 Å². The van der Waals surface area contributed by atoms with Crippen LogP contribution in [-0.2, 0) is 17.1 Å². The number of nitrogens with zero attached hydrogens (tertiary/aromatic N) is 2. The van der Waals surface area contributed by atoms with Gasteiger partial charge in [0.15, 0.2) is 5.82 Å². The van der Waals surface area contributed by atoms with Crippen molar-refractivity contribution in [1.29, 1.82) is 0 Å². The fourth-order valence-corrected chi connectivity index (χ4v) is 4.21. The minimum atomic E-state index is -3.64. The third-order valence-electron chi connectivity index (χ3n) is 3.90. The number of aromatic nitrogens is 2. The summed E-state index contributed by atoms with van der Waals surface area (Å²) in [6.07, 6.45) is 0.808. The van der Waals surface area contributed by atoms with Gasteiger partial charge in [-0.1, -0.05) is 30.3 Å². The zero-order valence-corrected chi connectivity index (χ0v) is 12.8. The van der Waals surface area contributed by atoms with Crippen molar-refractivity contribution < 1.29 is 8.42 Å². The minimum absolute atomic E-state index is 0.0411. The van der Waals surface area contributed by atoms with E-state index in [0.29, 0.717) is 5.69 Å². The number of hydrogen-bond acceptors (Lipinski definition) is 4. The summed E-state index contributed by atoms with van der Waals surface area (Å²) in [4.78, 5) is 0.0868. The van der Waals surface area contributed by atoms with Gasteiger partial charge in [0.1, 0.15) is 4.90 Å². The van der Waals surface area contributed by atoms with E-state index in [-0.39, 0.29) is 22.7 Å². The van der Waals surface area contributed by atoms with Crippen molar-refractivity contribution in [2.45, 2.75) is 30.2 Å². The monoisotopic (exact) mass is 306 g/mol. The van der Waals surface area contributed by atoms with Crippen molar-refractivity contribution >= 4 is 15.8 Å². The largest absolute Gasteiger partial charge is 0.381 e. The highest BCUT2D eigenvalue weighted by atomic mass is 32.2. The average Bonchev–Trinajstić information content (AvgIpc) is 3.11. The van der Waals surface area contributed by atoms with Crippen molar-refractivity contribution in [3.8, 4) is 0 Å². The molecule has 21 heavy (non-hydrogen) atoms. The maximum absolute atomic E-state index is 12.5. The van der Waals surface area contributed by atoms with E-state index in [1.807, 2.05) is 30.3 Å². The Kier molecular flexibility index (Phi) is 3.26. The third kappa shape index (κ3) is 2.54. The van der Waals surface area contributed by atoms with Crippen LogP contribution >= 0.6 is 0 Å². The molecule has 6 nitrogen and oxygen atoms in total. The molecule has 0 radical (unpaired) electrons. The Balaban J connectivity index is 1.80. The second kappa shape index (κ2) is 4.85. The smallest absolute Gasteiger partial charge is 0.246 e. The lowest BCUT2D eigenvalue weighted by atomic mass is 10.1. The molecule has 7 heteroatoms. The van der Waals surface area contributed by atoms with Gasteiger partial charge in [-0.25, -0.2) is 13.1 Å². The highest BCUT2D eigenvalue weighted by Gasteiger charge is 2.42. The molecular formula is C14H18N4O2S. The number of aryl methyl sites for hydroxylation is 1. The van der Waals surface area contributed by atoms with Gasteiger partial charge in [-0.15, -0.1) is 0 Å². The lowest BCUT2D eigenvalue weighted by molar-refractivity contribution is 0.579. The molecule has 1 aromatic carbocycles. The standard InChI is InChI=1S/C14H18N4O2S/c1-9-13(14(15)16-18(9)2)21(19,20)17-12-8-11(12)10-6-4-3-5-7-10/h3-7,11-12,17H,8H2,1-2H3,(H2,15,16). The summed E-state index contributed by atoms with van der Waals surface area (Å²) in [7, 11) is -1.96. The van der Waals surface area contributed by atoms with Gasteiger partial charge in [0, 0.05) is 19.0 Å². The summed E-state index contributed by atoms with van der Waals surface area (Å²) in [5.74, 6) is 0.276. The first kappa shape index (κ1) is 14.1. The van der Waals surface area contributed by atoms with Gasteiger partial charge in [0.2, 0.25) is 10.0 Å². The molecule has 2 atom stereocenters. The SMILES string of the molecule is Cc1c(S(=O)(=O)NC2CC2c2ccccc2)c(N)nn1C. The summed E-state index contributed by atoms with van der Waals surface area (Å²) < 4.78 is 29.1. The molecule has 3 N–H and O–H groups in total. The van der Waals surface area contributed by atoms with Gasteiger partial charge < -0.3 is 5.73 Å². The number of sulfonamides is 1. The average molecular weight is 306 g/mol. The van der Waals surface area contributed by atoms with E-state index in [1.54, 1.807) is 14.0 Å². The third-order valence-corrected chi connectivity index (χ3v) is 5.55. The number of rotatable bonds is 4. The molecular weight excluding hydrogens is 288 g/mol. The second-order valence-corrected chi connectivity index (χ2v) is 7.05. The number of nitrogens with two attached hydrogens (primary N) is 1. The van der Waals surface area contributed by atoms with E-state index in [9.17, 15) is 8.42 Å². The lowest BCUT2D eigenvalue weighted by Gasteiger charge is -2.07. The van der Waals surface area contributed by atoms with E-state index in [2.05, 4.69) is 9.82 Å². The Morgan fingerprint density at radius 3 is 2.57 bits per heavy atom. The molecule has 1 fully saturated rings. The summed E-state index contributed by atoms with van der Waals surface area (Å²) in [5, 5.41) is 3.96. The Bertz CT molecular complexity index is 768. The lowest BCUT2D eigenvalue weighted by Crippen LogP contribution is -2.27. The number of hydrogen-bond donors (Lipinski definition) is 2. The number of nitrogen functional groups attached to an aromatic ring is 1. The maximum atomic E-state index is 12.5. The highest BCUT2D eigenvalue weighted by molar-refractivity contribution is 7.89. The molecule has 112 valence electrons. The van der Waals surface area contributed by atoms with Crippen LogP contribution in [0.1, 0.15) is 23.6 Å². The molecule has 1 heterocycles. The predicted molar refractivity (Wildman–Crippen MR) is 80.3 cm³/mol. The second-order valence-electron chi connectivity index (χ2n) is 5.40. The topological polar surface area (TPSA) is 90.0 Å². The van der Waals surface area contributed by atoms with Crippen molar-refractivity contribution in [3.05, 3.63) is 41.6 Å². The van der Waals surface area contributed by atoms with Crippen LogP contribution in [0.3, 0.4) is 0 Å². The highest BCUT2D eigenvalue weighted by Crippen LogP contribution is 2.41. The predicted octanol–water partition coefficient (Wildman–Crippen LogP) is 1.15. The molecule has 0 amide bonds. The van der Waals surface area contributed by atoms with Gasteiger partial charge in [0.25, 0.3) is 0 Å². The zero-order chi connectivity index (χ0) is 15.2. The van der Waals surface area contributed by atoms with Crippen LogP contribution in [-0.4, -0.2) is 24.2 Å². The molecule has 1 saturated carbocycles. The Labute approximate surface area is 124 Å². The minimum Gasteiger partial charge on any atom is -0.381 e. The summed E-state index contributed by atoms with van der Waals surface area (Å²) in [5.41, 5.74) is 7.41. The molecule has 1 aliphatic carbocycles. The molecule has 0 saturated heterocycles. The van der Waals surface area contributed by atoms with E-state index in [0.717, 1.165) is 12.0 Å².